The summed E-state index contributed by atoms with van der Waals surface area (Å²) < 4.78 is 9.77. The van der Waals surface area contributed by atoms with E-state index in [1.807, 2.05) is 35.6 Å². The van der Waals surface area contributed by atoms with Crippen molar-refractivity contribution in [3.05, 3.63) is 42.9 Å². The number of aliphatic hydroxyl groups is 2. The van der Waals surface area contributed by atoms with Crippen LogP contribution in [0.4, 0.5) is 11.5 Å². The van der Waals surface area contributed by atoms with Crippen LogP contribution in [0.1, 0.15) is 19.1 Å². The van der Waals surface area contributed by atoms with Crippen molar-refractivity contribution in [1.82, 2.24) is 18.8 Å². The smallest absolute Gasteiger partial charge is 0.164 e. The number of fused-ring (bicyclic) bond motifs is 2. The molecule has 3 aromatic rings. The average Bonchev–Trinajstić information content (AvgIpc) is 3.29. The first kappa shape index (κ1) is 19.3. The lowest BCUT2D eigenvalue weighted by atomic mass is 10.1. The predicted octanol–water partition coefficient (Wildman–Crippen LogP) is 2.10. The number of hydrogen-bond donors (Lipinski definition) is 3. The van der Waals surface area contributed by atoms with E-state index in [-0.39, 0.29) is 0 Å². The maximum Gasteiger partial charge on any atom is 0.164 e. The van der Waals surface area contributed by atoms with Crippen molar-refractivity contribution in [3.8, 4) is 0 Å². The number of rotatable bonds is 4. The third kappa shape index (κ3) is 3.21. The van der Waals surface area contributed by atoms with Gasteiger partial charge in [0.15, 0.2) is 6.23 Å². The van der Waals surface area contributed by atoms with E-state index in [2.05, 4.69) is 9.97 Å². The minimum atomic E-state index is -1.08. The van der Waals surface area contributed by atoms with Gasteiger partial charge in [-0.25, -0.2) is 15.0 Å². The van der Waals surface area contributed by atoms with Crippen molar-refractivity contribution in [3.63, 3.8) is 0 Å². The highest BCUT2D eigenvalue weighted by atomic mass is 32.2. The molecule has 0 spiro atoms. The van der Waals surface area contributed by atoms with Crippen LogP contribution in [0.5, 0.6) is 0 Å². The first-order valence-corrected chi connectivity index (χ1v) is 10.5. The SMILES string of the molecule is CN1Sc2ccccc2N=C1CC[C@H]1O[C@@H](n2ccc3c(N)ncnc32)[C@H](O)[C@@H]1O. The zero-order chi connectivity index (χ0) is 20.8. The van der Waals surface area contributed by atoms with Crippen LogP contribution in [0.15, 0.2) is 52.7 Å². The van der Waals surface area contributed by atoms with Gasteiger partial charge in [0.25, 0.3) is 0 Å². The number of hydrogen-bond acceptors (Lipinski definition) is 9. The summed E-state index contributed by atoms with van der Waals surface area (Å²) in [6, 6.07) is 9.77. The molecule has 0 amide bonds. The Kier molecular flexibility index (Phi) is 4.86. The summed E-state index contributed by atoms with van der Waals surface area (Å²) in [7, 11) is 1.97. The molecule has 2 aromatic heterocycles. The van der Waals surface area contributed by atoms with Gasteiger partial charge in [-0.3, -0.25) is 0 Å². The monoisotopic (exact) mass is 426 g/mol. The van der Waals surface area contributed by atoms with E-state index in [1.165, 1.54) is 6.33 Å². The summed E-state index contributed by atoms with van der Waals surface area (Å²) in [4.78, 5) is 14.1. The largest absolute Gasteiger partial charge is 0.388 e. The number of nitrogens with zero attached hydrogens (tertiary/aromatic N) is 5. The van der Waals surface area contributed by atoms with Crippen molar-refractivity contribution in [2.75, 3.05) is 12.8 Å². The summed E-state index contributed by atoms with van der Waals surface area (Å²) in [5.41, 5.74) is 7.40. The summed E-state index contributed by atoms with van der Waals surface area (Å²) in [5.74, 6) is 1.26. The number of benzene rings is 1. The fraction of sp³-hybridized carbons (Fsp3) is 0.350. The van der Waals surface area contributed by atoms with Crippen LogP contribution in [0.2, 0.25) is 0 Å². The lowest BCUT2D eigenvalue weighted by molar-refractivity contribution is -0.0360. The Morgan fingerprint density at radius 1 is 1.17 bits per heavy atom. The molecule has 4 atom stereocenters. The Morgan fingerprint density at radius 3 is 2.87 bits per heavy atom. The van der Waals surface area contributed by atoms with E-state index in [0.717, 1.165) is 16.4 Å². The standard InChI is InChI=1S/C20H22N6O3S/c1-25-15(24-12-4-2-3-5-14(12)30-25)7-6-13-16(27)17(28)20(29-13)26-9-8-11-18(21)22-10-23-19(11)26/h2-5,8-10,13,16-17,20,27-28H,6-7H2,1H3,(H2,21,22,23)/t13-,16-,17-,20-/m1/s1. The Bertz CT molecular complexity index is 1120. The second-order valence-corrected chi connectivity index (χ2v) is 8.56. The van der Waals surface area contributed by atoms with Gasteiger partial charge < -0.3 is 29.6 Å². The van der Waals surface area contributed by atoms with E-state index in [9.17, 15) is 10.2 Å². The number of anilines is 1. The van der Waals surface area contributed by atoms with Crippen LogP contribution >= 0.6 is 11.9 Å². The van der Waals surface area contributed by atoms with E-state index < -0.39 is 24.5 Å². The molecule has 0 saturated carbocycles. The Balaban J connectivity index is 1.33. The number of aromatic nitrogens is 3. The Hall–Kier alpha value is -2.66. The molecule has 1 saturated heterocycles. The average molecular weight is 427 g/mol. The summed E-state index contributed by atoms with van der Waals surface area (Å²) in [6.45, 7) is 0. The fourth-order valence-electron chi connectivity index (χ4n) is 3.91. The van der Waals surface area contributed by atoms with Crippen LogP contribution in [0.3, 0.4) is 0 Å². The van der Waals surface area contributed by atoms with Crippen LogP contribution < -0.4 is 5.73 Å². The molecule has 1 aromatic carbocycles. The molecule has 1 fully saturated rings. The Labute approximate surface area is 177 Å². The number of amidine groups is 1. The van der Waals surface area contributed by atoms with Gasteiger partial charge in [-0.2, -0.15) is 0 Å². The zero-order valence-corrected chi connectivity index (χ0v) is 17.1. The molecule has 2 aliphatic rings. The number of para-hydroxylation sites is 1. The van der Waals surface area contributed by atoms with Gasteiger partial charge in [0, 0.05) is 19.7 Å². The van der Waals surface area contributed by atoms with E-state index >= 15 is 0 Å². The van der Waals surface area contributed by atoms with Crippen LogP contribution in [0, 0.1) is 0 Å². The molecule has 0 radical (unpaired) electrons. The molecular formula is C20H22N6O3S. The van der Waals surface area contributed by atoms with E-state index in [0.29, 0.717) is 29.7 Å². The fourth-order valence-corrected chi connectivity index (χ4v) is 4.79. The molecule has 0 unspecified atom stereocenters. The minimum Gasteiger partial charge on any atom is -0.388 e. The van der Waals surface area contributed by atoms with Crippen molar-refractivity contribution < 1.29 is 14.9 Å². The zero-order valence-electron chi connectivity index (χ0n) is 16.3. The first-order valence-electron chi connectivity index (χ1n) is 9.70. The number of ether oxygens (including phenoxy) is 1. The van der Waals surface area contributed by atoms with Crippen molar-refractivity contribution in [1.29, 1.82) is 0 Å². The van der Waals surface area contributed by atoms with Gasteiger partial charge in [0.1, 0.15) is 35.8 Å². The minimum absolute atomic E-state index is 0.361. The number of aliphatic imine (C=N–C) groups is 1. The molecule has 10 heteroatoms. The quantitative estimate of drug-likeness (QED) is 0.542. The van der Waals surface area contributed by atoms with Crippen LogP contribution in [-0.4, -0.2) is 60.2 Å². The normalized spacial score (nSPS) is 26.1. The predicted molar refractivity (Wildman–Crippen MR) is 114 cm³/mol. The highest BCUT2D eigenvalue weighted by Gasteiger charge is 2.44. The number of nitrogens with two attached hydrogens (primary N) is 1. The van der Waals surface area contributed by atoms with Gasteiger partial charge in [-0.05, 0) is 36.6 Å². The third-order valence-corrected chi connectivity index (χ3v) is 6.54. The van der Waals surface area contributed by atoms with Crippen LogP contribution in [0.25, 0.3) is 11.0 Å². The lowest BCUT2D eigenvalue weighted by Crippen LogP contribution is -2.32. The van der Waals surface area contributed by atoms with E-state index in [1.54, 1.807) is 28.8 Å². The molecule has 4 heterocycles. The van der Waals surface area contributed by atoms with Crippen molar-refractivity contribution in [2.24, 2.45) is 4.99 Å². The van der Waals surface area contributed by atoms with Crippen LogP contribution in [-0.2, 0) is 4.74 Å². The van der Waals surface area contributed by atoms with Gasteiger partial charge in [-0.15, -0.1) is 0 Å². The lowest BCUT2D eigenvalue weighted by Gasteiger charge is -2.26. The molecule has 9 nitrogen and oxygen atoms in total. The molecule has 5 rings (SSSR count). The molecular weight excluding hydrogens is 404 g/mol. The maximum atomic E-state index is 10.6. The highest BCUT2D eigenvalue weighted by molar-refractivity contribution is 7.97. The van der Waals surface area contributed by atoms with Gasteiger partial charge in [0.2, 0.25) is 0 Å². The Morgan fingerprint density at radius 2 is 2.00 bits per heavy atom. The second-order valence-electron chi connectivity index (χ2n) is 7.39. The van der Waals surface area contributed by atoms with Gasteiger partial charge in [0.05, 0.1) is 22.1 Å². The van der Waals surface area contributed by atoms with Crippen molar-refractivity contribution in [2.45, 2.75) is 42.3 Å². The number of aliphatic hydroxyl groups excluding tert-OH is 2. The summed E-state index contributed by atoms with van der Waals surface area (Å²) in [5, 5.41) is 21.9. The summed E-state index contributed by atoms with van der Waals surface area (Å²) >= 11 is 1.62. The molecule has 30 heavy (non-hydrogen) atoms. The molecule has 156 valence electrons. The van der Waals surface area contributed by atoms with Gasteiger partial charge in [-0.1, -0.05) is 12.1 Å². The topological polar surface area (TPSA) is 122 Å². The molecule has 2 aliphatic heterocycles. The van der Waals surface area contributed by atoms with E-state index in [4.69, 9.17) is 15.5 Å². The van der Waals surface area contributed by atoms with Gasteiger partial charge >= 0.3 is 0 Å². The highest BCUT2D eigenvalue weighted by Crippen LogP contribution is 2.38. The van der Waals surface area contributed by atoms with Crippen molar-refractivity contribution >= 4 is 40.3 Å². The molecule has 0 aliphatic carbocycles. The third-order valence-electron chi connectivity index (χ3n) is 5.52. The molecule has 4 N–H and O–H groups in total. The molecule has 0 bridgehead atoms. The number of nitrogen functional groups attached to an aromatic ring is 1. The maximum absolute atomic E-state index is 10.6. The summed E-state index contributed by atoms with van der Waals surface area (Å²) in [6.07, 6.45) is 0.875. The second kappa shape index (κ2) is 7.55. The first-order chi connectivity index (χ1) is 14.5.